The van der Waals surface area contributed by atoms with E-state index in [1.165, 1.54) is 5.56 Å². The van der Waals surface area contributed by atoms with E-state index in [1.54, 1.807) is 43.1 Å². The Hall–Kier alpha value is -2.31. The lowest BCUT2D eigenvalue weighted by molar-refractivity contribution is -0.115. The van der Waals surface area contributed by atoms with Crippen LogP contribution in [-0.2, 0) is 15.3 Å². The van der Waals surface area contributed by atoms with Gasteiger partial charge in [-0.05, 0) is 31.0 Å². The number of carbonyl (C=O) groups excluding carboxylic acids is 2. The molecule has 2 aromatic carbocycles. The molecule has 0 saturated heterocycles. The molecule has 0 fully saturated rings. The van der Waals surface area contributed by atoms with Gasteiger partial charge < -0.3 is 15.4 Å². The molecule has 144 valence electrons. The van der Waals surface area contributed by atoms with Crippen LogP contribution in [0.15, 0.2) is 54.6 Å². The molecule has 0 bridgehead atoms. The number of hydrogen-bond acceptors (Lipinski definition) is 4. The molecule has 0 aromatic heterocycles. The Bertz CT molecular complexity index is 737. The smallest absolute Gasteiger partial charge is 0.253 e. The highest BCUT2D eigenvalue weighted by atomic mass is 32.2. The van der Waals surface area contributed by atoms with Crippen molar-refractivity contribution in [3.8, 4) is 0 Å². The fourth-order valence-corrected chi connectivity index (χ4v) is 3.25. The van der Waals surface area contributed by atoms with Gasteiger partial charge in [-0.2, -0.15) is 0 Å². The van der Waals surface area contributed by atoms with E-state index in [2.05, 4.69) is 10.6 Å². The molecule has 6 heteroatoms. The van der Waals surface area contributed by atoms with Crippen LogP contribution in [0.4, 0.5) is 5.69 Å². The zero-order valence-corrected chi connectivity index (χ0v) is 16.6. The summed E-state index contributed by atoms with van der Waals surface area (Å²) in [5.41, 5.74) is 2.17. The summed E-state index contributed by atoms with van der Waals surface area (Å²) in [6.45, 7) is 2.99. The van der Waals surface area contributed by atoms with Crippen LogP contribution in [-0.4, -0.2) is 37.3 Å². The second-order valence-electron chi connectivity index (χ2n) is 6.08. The third kappa shape index (κ3) is 7.07. The van der Waals surface area contributed by atoms with Crippen LogP contribution in [0.1, 0.15) is 29.3 Å². The Kier molecular flexibility index (Phi) is 8.87. The molecule has 0 heterocycles. The normalized spacial score (nSPS) is 11.6. The lowest BCUT2D eigenvalue weighted by atomic mass is 10.1. The average molecular weight is 387 g/mol. The van der Waals surface area contributed by atoms with Gasteiger partial charge in [-0.15, -0.1) is 11.8 Å². The summed E-state index contributed by atoms with van der Waals surface area (Å²) < 4.78 is 4.98. The summed E-state index contributed by atoms with van der Waals surface area (Å²) in [7, 11) is 1.63. The minimum Gasteiger partial charge on any atom is -0.385 e. The van der Waals surface area contributed by atoms with E-state index < -0.39 is 0 Å². The standard InChI is InChI=1S/C21H26N2O3S/c1-16(27-15-17-9-4-3-5-10-17)20(24)23-19-12-7-6-11-18(19)21(25)22-13-8-14-26-2/h3-7,9-12,16H,8,13-15H2,1-2H3,(H,22,25)(H,23,24)/t16-/m0/s1. The van der Waals surface area contributed by atoms with E-state index >= 15 is 0 Å². The number of amides is 2. The molecule has 5 nitrogen and oxygen atoms in total. The highest BCUT2D eigenvalue weighted by Gasteiger charge is 2.17. The van der Waals surface area contributed by atoms with Crippen molar-refractivity contribution in [3.05, 3.63) is 65.7 Å². The quantitative estimate of drug-likeness (QED) is 0.611. The number of rotatable bonds is 10. The van der Waals surface area contributed by atoms with Crippen LogP contribution in [0.3, 0.4) is 0 Å². The number of hydrogen-bond donors (Lipinski definition) is 2. The van der Waals surface area contributed by atoms with Gasteiger partial charge >= 0.3 is 0 Å². The lowest BCUT2D eigenvalue weighted by Crippen LogP contribution is -2.28. The SMILES string of the molecule is COCCCNC(=O)c1ccccc1NC(=O)[C@H](C)SCc1ccccc1. The van der Waals surface area contributed by atoms with Crippen LogP contribution in [0.25, 0.3) is 0 Å². The minimum absolute atomic E-state index is 0.115. The molecule has 2 amide bonds. The predicted octanol–water partition coefficient (Wildman–Crippen LogP) is 3.71. The fourth-order valence-electron chi connectivity index (χ4n) is 2.41. The molecule has 0 spiro atoms. The third-order valence-electron chi connectivity index (χ3n) is 3.95. The zero-order chi connectivity index (χ0) is 19.5. The van der Waals surface area contributed by atoms with Crippen molar-refractivity contribution >= 4 is 29.3 Å². The van der Waals surface area contributed by atoms with Gasteiger partial charge in [0.15, 0.2) is 0 Å². The van der Waals surface area contributed by atoms with Crippen LogP contribution < -0.4 is 10.6 Å². The molecule has 0 saturated carbocycles. The fraction of sp³-hybridized carbons (Fsp3) is 0.333. The molecule has 2 N–H and O–H groups in total. The van der Waals surface area contributed by atoms with Crippen LogP contribution in [0, 0.1) is 0 Å². The summed E-state index contributed by atoms with van der Waals surface area (Å²) in [5, 5.41) is 5.50. The van der Waals surface area contributed by atoms with Gasteiger partial charge in [0.25, 0.3) is 5.91 Å². The summed E-state index contributed by atoms with van der Waals surface area (Å²) in [6.07, 6.45) is 0.740. The van der Waals surface area contributed by atoms with E-state index in [0.717, 1.165) is 12.2 Å². The molecule has 0 aliphatic rings. The Balaban J connectivity index is 1.91. The maximum atomic E-state index is 12.5. The number of ether oxygens (including phenoxy) is 1. The van der Waals surface area contributed by atoms with E-state index in [0.29, 0.717) is 24.4 Å². The lowest BCUT2D eigenvalue weighted by Gasteiger charge is -2.15. The van der Waals surface area contributed by atoms with Gasteiger partial charge in [0.2, 0.25) is 5.91 Å². The Morgan fingerprint density at radius 3 is 2.52 bits per heavy atom. The van der Waals surface area contributed by atoms with Gasteiger partial charge in [-0.25, -0.2) is 0 Å². The largest absolute Gasteiger partial charge is 0.385 e. The summed E-state index contributed by atoms with van der Waals surface area (Å²) in [4.78, 5) is 24.9. The molecule has 0 aliphatic carbocycles. The second kappa shape index (κ2) is 11.4. The maximum Gasteiger partial charge on any atom is 0.253 e. The summed E-state index contributed by atoms with van der Waals surface area (Å²) >= 11 is 1.56. The van der Waals surface area contributed by atoms with Crippen molar-refractivity contribution in [1.82, 2.24) is 5.32 Å². The monoisotopic (exact) mass is 386 g/mol. The Labute approximate surface area is 164 Å². The first kappa shape index (κ1) is 21.0. The van der Waals surface area contributed by atoms with Gasteiger partial charge in [0.05, 0.1) is 16.5 Å². The molecular weight excluding hydrogens is 360 g/mol. The zero-order valence-electron chi connectivity index (χ0n) is 15.7. The van der Waals surface area contributed by atoms with Gasteiger partial charge in [-0.1, -0.05) is 42.5 Å². The van der Waals surface area contributed by atoms with Crippen LogP contribution >= 0.6 is 11.8 Å². The van der Waals surface area contributed by atoms with Crippen molar-refractivity contribution < 1.29 is 14.3 Å². The van der Waals surface area contributed by atoms with Crippen LogP contribution in [0.2, 0.25) is 0 Å². The predicted molar refractivity (Wildman–Crippen MR) is 111 cm³/mol. The van der Waals surface area contributed by atoms with Crippen molar-refractivity contribution in [2.24, 2.45) is 0 Å². The van der Waals surface area contributed by atoms with E-state index in [9.17, 15) is 9.59 Å². The molecule has 0 radical (unpaired) electrons. The molecule has 2 rings (SSSR count). The molecular formula is C21H26N2O3S. The molecule has 0 unspecified atom stereocenters. The maximum absolute atomic E-state index is 12.5. The van der Waals surface area contributed by atoms with E-state index in [4.69, 9.17) is 4.74 Å². The molecule has 0 aliphatic heterocycles. The van der Waals surface area contributed by atoms with Gasteiger partial charge in [0, 0.05) is 26.0 Å². The second-order valence-corrected chi connectivity index (χ2v) is 7.41. The first-order valence-electron chi connectivity index (χ1n) is 8.94. The number of carbonyl (C=O) groups is 2. The molecule has 27 heavy (non-hydrogen) atoms. The topological polar surface area (TPSA) is 67.4 Å². The summed E-state index contributed by atoms with van der Waals surface area (Å²) in [6, 6.07) is 17.1. The highest BCUT2D eigenvalue weighted by Crippen LogP contribution is 2.21. The number of para-hydroxylation sites is 1. The minimum atomic E-state index is -0.233. The van der Waals surface area contributed by atoms with Crippen LogP contribution in [0.5, 0.6) is 0 Å². The number of anilines is 1. The average Bonchev–Trinajstić information content (AvgIpc) is 2.70. The van der Waals surface area contributed by atoms with Crippen molar-refractivity contribution in [1.29, 1.82) is 0 Å². The highest BCUT2D eigenvalue weighted by molar-refractivity contribution is 7.99. The first-order valence-corrected chi connectivity index (χ1v) is 9.99. The number of methoxy groups -OCH3 is 1. The van der Waals surface area contributed by atoms with E-state index in [-0.39, 0.29) is 17.1 Å². The van der Waals surface area contributed by atoms with Crippen molar-refractivity contribution in [2.45, 2.75) is 24.3 Å². The summed E-state index contributed by atoms with van der Waals surface area (Å²) in [5.74, 6) is 0.444. The van der Waals surface area contributed by atoms with Crippen molar-refractivity contribution in [2.75, 3.05) is 25.6 Å². The Morgan fingerprint density at radius 2 is 1.78 bits per heavy atom. The number of nitrogens with one attached hydrogen (secondary N) is 2. The number of benzene rings is 2. The third-order valence-corrected chi connectivity index (χ3v) is 5.17. The number of thioether (sulfide) groups is 1. The van der Waals surface area contributed by atoms with Crippen molar-refractivity contribution in [3.63, 3.8) is 0 Å². The Morgan fingerprint density at radius 1 is 1.07 bits per heavy atom. The first-order chi connectivity index (χ1) is 13.1. The molecule has 1 atom stereocenters. The van der Waals surface area contributed by atoms with Gasteiger partial charge in [-0.3, -0.25) is 9.59 Å². The van der Waals surface area contributed by atoms with Gasteiger partial charge in [0.1, 0.15) is 0 Å². The van der Waals surface area contributed by atoms with E-state index in [1.807, 2.05) is 37.3 Å². The molecule has 2 aromatic rings.